The Morgan fingerprint density at radius 2 is 2.32 bits per heavy atom. The van der Waals surface area contributed by atoms with Gasteiger partial charge in [0.25, 0.3) is 0 Å². The summed E-state index contributed by atoms with van der Waals surface area (Å²) in [5, 5.41) is 4.45. The number of hydrogen-bond acceptors (Lipinski definition) is 2. The molecule has 19 heavy (non-hydrogen) atoms. The number of rotatable bonds is 3. The summed E-state index contributed by atoms with van der Waals surface area (Å²) in [7, 11) is 0. The summed E-state index contributed by atoms with van der Waals surface area (Å²) in [6.45, 7) is 7.89. The predicted octanol–water partition coefficient (Wildman–Crippen LogP) is 4.32. The zero-order valence-corrected chi connectivity index (χ0v) is 14.0. The van der Waals surface area contributed by atoms with E-state index in [1.165, 1.54) is 18.5 Å². The van der Waals surface area contributed by atoms with Crippen LogP contribution in [-0.2, 0) is 0 Å². The van der Waals surface area contributed by atoms with Crippen molar-refractivity contribution in [3.8, 4) is 0 Å². The van der Waals surface area contributed by atoms with Gasteiger partial charge in [0, 0.05) is 29.3 Å². The van der Waals surface area contributed by atoms with Crippen molar-refractivity contribution in [2.24, 2.45) is 5.92 Å². The second kappa shape index (κ2) is 6.96. The molecule has 2 nitrogen and oxygen atoms in total. The number of hydrogen-bond donors (Lipinski definition) is 1. The summed E-state index contributed by atoms with van der Waals surface area (Å²) in [5.41, 5.74) is 1.26. The van der Waals surface area contributed by atoms with E-state index in [0.717, 1.165) is 29.1 Å². The SMILES string of the molecule is CCC(C)C1CN(c2ccc(Cl)c(Br)c2)CCCN1. The van der Waals surface area contributed by atoms with Gasteiger partial charge < -0.3 is 10.2 Å². The minimum atomic E-state index is 0.571. The van der Waals surface area contributed by atoms with Crippen molar-refractivity contribution in [3.63, 3.8) is 0 Å². The lowest BCUT2D eigenvalue weighted by Crippen LogP contribution is -2.42. The van der Waals surface area contributed by atoms with Crippen LogP contribution >= 0.6 is 27.5 Å². The van der Waals surface area contributed by atoms with E-state index in [9.17, 15) is 0 Å². The fourth-order valence-electron chi connectivity index (χ4n) is 2.53. The maximum atomic E-state index is 6.08. The highest BCUT2D eigenvalue weighted by Crippen LogP contribution is 2.28. The zero-order valence-electron chi connectivity index (χ0n) is 11.6. The van der Waals surface area contributed by atoms with Crippen LogP contribution in [0.4, 0.5) is 5.69 Å². The summed E-state index contributed by atoms with van der Waals surface area (Å²) >= 11 is 9.59. The van der Waals surface area contributed by atoms with E-state index in [4.69, 9.17) is 11.6 Å². The monoisotopic (exact) mass is 344 g/mol. The average molecular weight is 346 g/mol. The normalized spacial score (nSPS) is 22.1. The molecule has 0 bridgehead atoms. The lowest BCUT2D eigenvalue weighted by molar-refractivity contribution is 0.384. The zero-order chi connectivity index (χ0) is 13.8. The molecule has 1 fully saturated rings. The van der Waals surface area contributed by atoms with Gasteiger partial charge in [-0.1, -0.05) is 31.9 Å². The topological polar surface area (TPSA) is 15.3 Å². The molecule has 4 heteroatoms. The molecule has 2 atom stereocenters. The Bertz CT molecular complexity index is 425. The Kier molecular flexibility index (Phi) is 5.55. The van der Waals surface area contributed by atoms with Gasteiger partial charge in [-0.2, -0.15) is 0 Å². The van der Waals surface area contributed by atoms with E-state index in [0.29, 0.717) is 12.0 Å². The van der Waals surface area contributed by atoms with Gasteiger partial charge in [0.2, 0.25) is 0 Å². The van der Waals surface area contributed by atoms with Crippen molar-refractivity contribution in [1.82, 2.24) is 5.32 Å². The molecule has 0 aromatic heterocycles. The standard InChI is InChI=1S/C15H22BrClN2/c1-3-11(2)15-10-19(8-4-7-18-15)12-5-6-14(17)13(16)9-12/h5-6,9,11,15,18H,3-4,7-8,10H2,1-2H3. The van der Waals surface area contributed by atoms with E-state index >= 15 is 0 Å². The molecule has 1 heterocycles. The van der Waals surface area contributed by atoms with Crippen molar-refractivity contribution in [3.05, 3.63) is 27.7 Å². The molecule has 106 valence electrons. The lowest BCUT2D eigenvalue weighted by Gasteiger charge is -2.29. The molecule has 0 radical (unpaired) electrons. The second-order valence-corrected chi connectivity index (χ2v) is 6.61. The first-order valence-corrected chi connectivity index (χ1v) is 8.22. The van der Waals surface area contributed by atoms with Crippen LogP contribution in [0.25, 0.3) is 0 Å². The van der Waals surface area contributed by atoms with Crippen molar-refractivity contribution in [2.75, 3.05) is 24.5 Å². The van der Waals surface area contributed by atoms with Crippen LogP contribution in [0, 0.1) is 5.92 Å². The summed E-state index contributed by atoms with van der Waals surface area (Å²) < 4.78 is 0.976. The molecular weight excluding hydrogens is 324 g/mol. The molecule has 0 spiro atoms. The molecule has 0 aliphatic carbocycles. The Balaban J connectivity index is 2.15. The van der Waals surface area contributed by atoms with E-state index in [1.807, 2.05) is 6.07 Å². The highest BCUT2D eigenvalue weighted by atomic mass is 79.9. The maximum absolute atomic E-state index is 6.08. The minimum Gasteiger partial charge on any atom is -0.370 e. The Morgan fingerprint density at radius 1 is 1.53 bits per heavy atom. The quantitative estimate of drug-likeness (QED) is 0.878. The highest BCUT2D eigenvalue weighted by Gasteiger charge is 2.22. The van der Waals surface area contributed by atoms with Gasteiger partial charge in [0.1, 0.15) is 0 Å². The van der Waals surface area contributed by atoms with Gasteiger partial charge >= 0.3 is 0 Å². The van der Waals surface area contributed by atoms with Gasteiger partial charge in [-0.25, -0.2) is 0 Å². The van der Waals surface area contributed by atoms with Gasteiger partial charge in [0.15, 0.2) is 0 Å². The molecule has 1 aliphatic heterocycles. The first-order valence-electron chi connectivity index (χ1n) is 7.05. The summed E-state index contributed by atoms with van der Waals surface area (Å²) in [6.07, 6.45) is 2.41. The molecule has 2 rings (SSSR count). The van der Waals surface area contributed by atoms with Crippen LogP contribution in [-0.4, -0.2) is 25.7 Å². The third kappa shape index (κ3) is 3.87. The fraction of sp³-hybridized carbons (Fsp3) is 0.600. The molecule has 1 N–H and O–H groups in total. The van der Waals surface area contributed by atoms with Crippen molar-refractivity contribution in [1.29, 1.82) is 0 Å². The van der Waals surface area contributed by atoms with Crippen LogP contribution < -0.4 is 10.2 Å². The molecule has 0 saturated carbocycles. The van der Waals surface area contributed by atoms with Gasteiger partial charge in [-0.3, -0.25) is 0 Å². The molecule has 1 aromatic rings. The number of anilines is 1. The summed E-state index contributed by atoms with van der Waals surface area (Å²) in [4.78, 5) is 2.47. The van der Waals surface area contributed by atoms with Crippen molar-refractivity contribution >= 4 is 33.2 Å². The first-order chi connectivity index (χ1) is 9.11. The highest BCUT2D eigenvalue weighted by molar-refractivity contribution is 9.10. The van der Waals surface area contributed by atoms with Crippen LogP contribution in [0.5, 0.6) is 0 Å². The summed E-state index contributed by atoms with van der Waals surface area (Å²) in [5.74, 6) is 0.705. The first kappa shape index (κ1) is 15.1. The third-order valence-electron chi connectivity index (χ3n) is 4.03. The third-order valence-corrected chi connectivity index (χ3v) is 5.24. The number of benzene rings is 1. The van der Waals surface area contributed by atoms with Crippen LogP contribution in [0.3, 0.4) is 0 Å². The molecule has 2 unspecified atom stereocenters. The number of nitrogens with one attached hydrogen (secondary N) is 1. The van der Waals surface area contributed by atoms with E-state index in [2.05, 4.69) is 52.1 Å². The molecule has 1 saturated heterocycles. The maximum Gasteiger partial charge on any atom is 0.0549 e. The molecule has 1 aromatic carbocycles. The Labute approximate surface area is 129 Å². The smallest absolute Gasteiger partial charge is 0.0549 e. The summed E-state index contributed by atoms with van der Waals surface area (Å²) in [6, 6.07) is 6.78. The fourth-order valence-corrected chi connectivity index (χ4v) is 3.02. The van der Waals surface area contributed by atoms with Gasteiger partial charge in [0.05, 0.1) is 5.02 Å². The van der Waals surface area contributed by atoms with Crippen molar-refractivity contribution in [2.45, 2.75) is 32.7 Å². The Hall–Kier alpha value is -0.250. The van der Waals surface area contributed by atoms with E-state index in [-0.39, 0.29) is 0 Å². The van der Waals surface area contributed by atoms with Crippen LogP contribution in [0.15, 0.2) is 22.7 Å². The Morgan fingerprint density at radius 3 is 3.00 bits per heavy atom. The second-order valence-electron chi connectivity index (χ2n) is 5.34. The van der Waals surface area contributed by atoms with Crippen LogP contribution in [0.2, 0.25) is 5.02 Å². The van der Waals surface area contributed by atoms with Gasteiger partial charge in [-0.05, 0) is 53.0 Å². The average Bonchev–Trinajstić information content (AvgIpc) is 2.67. The lowest BCUT2D eigenvalue weighted by atomic mass is 9.99. The molecular formula is C15H22BrClN2. The predicted molar refractivity (Wildman–Crippen MR) is 87.2 cm³/mol. The van der Waals surface area contributed by atoms with E-state index < -0.39 is 0 Å². The minimum absolute atomic E-state index is 0.571. The largest absolute Gasteiger partial charge is 0.370 e. The van der Waals surface area contributed by atoms with Crippen LogP contribution in [0.1, 0.15) is 26.7 Å². The number of halogens is 2. The van der Waals surface area contributed by atoms with Crippen molar-refractivity contribution < 1.29 is 0 Å². The van der Waals surface area contributed by atoms with Gasteiger partial charge in [-0.15, -0.1) is 0 Å². The number of nitrogens with zero attached hydrogens (tertiary/aromatic N) is 1. The molecule has 0 amide bonds. The molecule has 1 aliphatic rings. The van der Waals surface area contributed by atoms with E-state index in [1.54, 1.807) is 0 Å².